The van der Waals surface area contributed by atoms with Crippen molar-refractivity contribution in [2.75, 3.05) is 47.8 Å². The lowest BCUT2D eigenvalue weighted by molar-refractivity contribution is -0.134. The van der Waals surface area contributed by atoms with E-state index in [1.807, 2.05) is 96.3 Å². The summed E-state index contributed by atoms with van der Waals surface area (Å²) < 4.78 is 9.56. The van der Waals surface area contributed by atoms with E-state index in [4.69, 9.17) is 14.8 Å². The molecule has 2 saturated heterocycles. The van der Waals surface area contributed by atoms with Crippen LogP contribution in [0.3, 0.4) is 0 Å². The van der Waals surface area contributed by atoms with Gasteiger partial charge in [0.1, 0.15) is 11.6 Å². The van der Waals surface area contributed by atoms with Gasteiger partial charge in [-0.25, -0.2) is 14.8 Å². The Morgan fingerprint density at radius 2 is 1.71 bits per heavy atom. The highest BCUT2D eigenvalue weighted by Crippen LogP contribution is 2.38. The van der Waals surface area contributed by atoms with Crippen LogP contribution in [0.25, 0.3) is 32.2 Å². The van der Waals surface area contributed by atoms with Crippen molar-refractivity contribution in [3.05, 3.63) is 125 Å². The van der Waals surface area contributed by atoms with E-state index in [0.717, 1.165) is 112 Å². The Kier molecular flexibility index (Phi) is 13.4. The summed E-state index contributed by atoms with van der Waals surface area (Å²) in [6.45, 7) is 9.34. The van der Waals surface area contributed by atoms with E-state index < -0.39 is 11.9 Å². The van der Waals surface area contributed by atoms with E-state index in [-0.39, 0.29) is 29.5 Å². The van der Waals surface area contributed by atoms with Crippen molar-refractivity contribution >= 4 is 72.8 Å². The second kappa shape index (κ2) is 20.4. The quantitative estimate of drug-likeness (QED) is 0.0935. The second-order valence-corrected chi connectivity index (χ2v) is 21.3. The number of carboxylic acid groups (broad SMARTS) is 1. The maximum absolute atomic E-state index is 13.7. The number of para-hydroxylation sites is 1. The van der Waals surface area contributed by atoms with E-state index in [9.17, 15) is 24.3 Å². The van der Waals surface area contributed by atoms with Gasteiger partial charge in [0.25, 0.3) is 5.91 Å². The number of nitrogens with zero attached hydrogens (tertiary/aromatic N) is 7. The summed E-state index contributed by atoms with van der Waals surface area (Å²) in [5.74, 6) is -0.230. The van der Waals surface area contributed by atoms with Crippen LogP contribution in [0.1, 0.15) is 107 Å². The molecule has 73 heavy (non-hydrogen) atoms. The number of imide groups is 1. The number of piperazine rings is 1. The Bertz CT molecular complexity index is 3240. The first-order valence-electron chi connectivity index (χ1n) is 25.8. The number of thiazole rings is 1. The zero-order chi connectivity index (χ0) is 50.3. The third-order valence-electron chi connectivity index (χ3n) is 15.7. The molecule has 15 nitrogen and oxygen atoms in total. The molecule has 4 aromatic carbocycles. The zero-order valence-corrected chi connectivity index (χ0v) is 42.4. The maximum atomic E-state index is 13.7. The topological polar surface area (TPSA) is 175 Å². The van der Waals surface area contributed by atoms with Crippen LogP contribution < -0.4 is 25.2 Å². The first kappa shape index (κ1) is 48.1. The van der Waals surface area contributed by atoms with Gasteiger partial charge in [-0.1, -0.05) is 47.7 Å². The van der Waals surface area contributed by atoms with Crippen LogP contribution >= 0.6 is 11.3 Å². The fraction of sp³-hybridized carbons (Fsp3) is 0.386. The van der Waals surface area contributed by atoms with Gasteiger partial charge in [0.05, 0.1) is 33.4 Å². The second-order valence-electron chi connectivity index (χ2n) is 20.3. The lowest BCUT2D eigenvalue weighted by atomic mass is 9.84. The number of aromatic carboxylic acids is 1. The molecule has 1 saturated carbocycles. The number of carbonyl (C=O) groups excluding carboxylic acids is 3. The van der Waals surface area contributed by atoms with Crippen molar-refractivity contribution in [1.82, 2.24) is 30.0 Å². The molecule has 0 radical (unpaired) electrons. The number of anilines is 3. The van der Waals surface area contributed by atoms with E-state index in [1.54, 1.807) is 0 Å². The summed E-state index contributed by atoms with van der Waals surface area (Å²) in [6.07, 6.45) is 8.19. The number of benzene rings is 4. The van der Waals surface area contributed by atoms with E-state index in [0.29, 0.717) is 66.4 Å². The smallest absolute Gasteiger partial charge is 0.355 e. The maximum Gasteiger partial charge on any atom is 0.355 e. The number of carboxylic acids is 1. The number of fused-ring (bicyclic) bond motifs is 3. The molecule has 2 atom stereocenters. The summed E-state index contributed by atoms with van der Waals surface area (Å²) in [7, 11) is 1.92. The minimum Gasteiger partial charge on any atom is -0.490 e. The number of aromatic nitrogens is 4. The fourth-order valence-electron chi connectivity index (χ4n) is 11.7. The van der Waals surface area contributed by atoms with Crippen molar-refractivity contribution < 1.29 is 29.0 Å². The Balaban J connectivity index is 0.670. The van der Waals surface area contributed by atoms with Crippen LogP contribution in [0.4, 0.5) is 16.6 Å². The van der Waals surface area contributed by atoms with Crippen LogP contribution in [-0.2, 0) is 29.6 Å². The number of hydrogen-bond acceptors (Lipinski definition) is 12. The molecule has 3 amide bonds. The van der Waals surface area contributed by atoms with E-state index >= 15 is 0 Å². The summed E-state index contributed by atoms with van der Waals surface area (Å²) in [6, 6.07) is 30.0. The number of carbonyl (C=O) groups is 4. The fourth-order valence-corrected chi connectivity index (χ4v) is 12.5. The molecule has 16 heteroatoms. The van der Waals surface area contributed by atoms with Crippen LogP contribution in [0.15, 0.2) is 91.0 Å². The predicted octanol–water partition coefficient (Wildman–Crippen LogP) is 9.52. The lowest BCUT2D eigenvalue weighted by Crippen LogP contribution is -2.52. The number of rotatable bonds is 13. The van der Waals surface area contributed by atoms with Crippen molar-refractivity contribution in [2.24, 2.45) is 13.0 Å². The molecule has 11 rings (SSSR count). The van der Waals surface area contributed by atoms with Gasteiger partial charge in [-0.3, -0.25) is 34.6 Å². The average Bonchev–Trinajstić information content (AvgIpc) is 3.96. The average molecular weight is 1000 g/mol. The molecule has 0 bridgehead atoms. The number of piperidine rings is 1. The molecule has 1 aliphatic carbocycles. The van der Waals surface area contributed by atoms with Gasteiger partial charge in [-0.15, -0.1) is 0 Å². The lowest BCUT2D eigenvalue weighted by Gasteiger charge is -2.41. The molecule has 3 aliphatic heterocycles. The molecular weight excluding hydrogens is 939 g/mol. The van der Waals surface area contributed by atoms with Gasteiger partial charge >= 0.3 is 5.97 Å². The molecule has 7 aromatic rings. The van der Waals surface area contributed by atoms with Gasteiger partial charge in [0, 0.05) is 74.4 Å². The molecule has 376 valence electrons. The normalized spacial score (nSPS) is 20.5. The highest BCUT2D eigenvalue weighted by molar-refractivity contribution is 7.22. The molecular formula is C57H61N9O6S. The van der Waals surface area contributed by atoms with E-state index in [1.165, 1.54) is 24.2 Å². The Labute approximate surface area is 428 Å². The number of hydrogen-bond donors (Lipinski definition) is 3. The summed E-state index contributed by atoms with van der Waals surface area (Å²) in [5, 5.41) is 22.3. The Morgan fingerprint density at radius 3 is 2.52 bits per heavy atom. The monoisotopic (exact) mass is 999 g/mol. The number of ether oxygens (including phenoxy) is 1. The van der Waals surface area contributed by atoms with Crippen LogP contribution in [0.5, 0.6) is 5.75 Å². The third-order valence-corrected chi connectivity index (χ3v) is 16.7. The van der Waals surface area contributed by atoms with Crippen molar-refractivity contribution in [1.29, 1.82) is 0 Å². The standard InChI is InChI=1S/C57H61N9O6S/c1-34-32-65(38-18-21-43-47(31-38)63(3)62-52(43)44-23-25-51(67)60-55(44)69)30-29-64(34)27-8-9-36-16-19-39(20-17-36)72-48-14-7-11-40(35(48)2)41-22-24-50(59-53(41)56(70)71)66-28-26-37-10-6-12-42(45(37)33-66)54(68)61-57-58-46-13-4-5-15-49(46)73-57/h4-7,10-15,18,21-22,24,31,34,36,39,44H,8-9,16-17,19-20,23,25-30,32-33H2,1-3H3,(H,70,71)(H,58,61,68)(H,60,67,69)/t34-,36?,39?,44?/m0/s1. The first-order chi connectivity index (χ1) is 35.4. The Morgan fingerprint density at radius 1 is 0.877 bits per heavy atom. The molecule has 4 aliphatic rings. The van der Waals surface area contributed by atoms with Crippen LogP contribution in [0, 0.1) is 12.8 Å². The SMILES string of the molecule is Cc1c(OC2CCC(CCCN3CCN(c4ccc5c(C6CCC(=O)NC6=O)nn(C)c5c4)C[C@@H]3C)CC2)cccc1-c1ccc(N2CCc3cccc(C(=O)Nc4nc5ccccc5s4)c3C2)nc1C(=O)O. The molecule has 0 spiro atoms. The molecule has 3 fully saturated rings. The highest BCUT2D eigenvalue weighted by atomic mass is 32.1. The van der Waals surface area contributed by atoms with Gasteiger partial charge < -0.3 is 19.6 Å². The van der Waals surface area contributed by atoms with E-state index in [2.05, 4.69) is 50.5 Å². The number of nitrogens with one attached hydrogen (secondary N) is 2. The Hall–Kier alpha value is -7.17. The van der Waals surface area contributed by atoms with Crippen LogP contribution in [0.2, 0.25) is 0 Å². The predicted molar refractivity (Wildman–Crippen MR) is 285 cm³/mol. The number of amides is 3. The largest absolute Gasteiger partial charge is 0.490 e. The van der Waals surface area contributed by atoms with Gasteiger partial charge in [-0.05, 0) is 155 Å². The van der Waals surface area contributed by atoms with Crippen LogP contribution in [-0.4, -0.2) is 98.3 Å². The summed E-state index contributed by atoms with van der Waals surface area (Å²) in [4.78, 5) is 67.5. The molecule has 3 aromatic heterocycles. The van der Waals surface area contributed by atoms with Crippen molar-refractivity contribution in [3.8, 4) is 16.9 Å². The minimum atomic E-state index is -1.10. The van der Waals surface area contributed by atoms with Gasteiger partial charge in [0.2, 0.25) is 11.8 Å². The highest BCUT2D eigenvalue weighted by Gasteiger charge is 2.33. The van der Waals surface area contributed by atoms with Gasteiger partial charge in [-0.2, -0.15) is 5.10 Å². The summed E-state index contributed by atoms with van der Waals surface area (Å²) in [5.41, 5.74) is 8.49. The molecule has 6 heterocycles. The molecule has 1 unspecified atom stereocenters. The van der Waals surface area contributed by atoms with Gasteiger partial charge in [0.15, 0.2) is 10.8 Å². The zero-order valence-electron chi connectivity index (χ0n) is 41.6. The molecule has 3 N–H and O–H groups in total. The third kappa shape index (κ3) is 9.89. The number of aryl methyl sites for hydroxylation is 1. The number of pyridine rings is 1. The van der Waals surface area contributed by atoms with Crippen molar-refractivity contribution in [2.45, 2.75) is 96.2 Å². The summed E-state index contributed by atoms with van der Waals surface area (Å²) >= 11 is 1.44. The minimum absolute atomic E-state index is 0.0201. The first-order valence-corrected chi connectivity index (χ1v) is 26.6. The van der Waals surface area contributed by atoms with Crippen molar-refractivity contribution in [3.63, 3.8) is 0 Å².